The van der Waals surface area contributed by atoms with Crippen LogP contribution in [-0.2, 0) is 23.0 Å². The van der Waals surface area contributed by atoms with Crippen LogP contribution < -0.4 is 5.14 Å². The second-order valence-electron chi connectivity index (χ2n) is 6.33. The number of primary sulfonamides is 1. The number of amides is 1. The summed E-state index contributed by atoms with van der Waals surface area (Å²) < 4.78 is 24.5. The predicted octanol–water partition coefficient (Wildman–Crippen LogP) is 0.884. The zero-order valence-corrected chi connectivity index (χ0v) is 14.9. The normalized spacial score (nSPS) is 14.5. The number of sulfonamides is 1. The summed E-state index contributed by atoms with van der Waals surface area (Å²) in [7, 11) is -3.77. The molecule has 9 heteroatoms. The number of carbonyl (C=O) groups excluding carboxylic acids is 1. The molecule has 0 radical (unpaired) electrons. The summed E-state index contributed by atoms with van der Waals surface area (Å²) in [5.41, 5.74) is 4.15. The molecule has 1 aliphatic rings. The van der Waals surface area contributed by atoms with Gasteiger partial charge in [-0.3, -0.25) is 4.79 Å². The van der Waals surface area contributed by atoms with Gasteiger partial charge in [0, 0.05) is 42.9 Å². The summed E-state index contributed by atoms with van der Waals surface area (Å²) in [6.07, 6.45) is 2.46. The summed E-state index contributed by atoms with van der Waals surface area (Å²) in [5, 5.41) is 9.56. The molecule has 1 amide bonds. The Bertz CT molecular complexity index is 1120. The van der Waals surface area contributed by atoms with Crippen LogP contribution in [0.2, 0.25) is 0 Å². The van der Waals surface area contributed by atoms with Gasteiger partial charge in [-0.05, 0) is 31.2 Å². The fourth-order valence-corrected chi connectivity index (χ4v) is 3.71. The average Bonchev–Trinajstić information content (AvgIpc) is 3.00. The largest absolute Gasteiger partial charge is 0.334 e. The monoisotopic (exact) mass is 371 g/mol. The maximum absolute atomic E-state index is 12.7. The lowest BCUT2D eigenvalue weighted by atomic mass is 10.1. The topological polar surface area (TPSA) is 111 Å². The van der Waals surface area contributed by atoms with Crippen LogP contribution in [0.15, 0.2) is 41.4 Å². The molecule has 0 atom stereocenters. The smallest absolute Gasteiger partial charge is 0.254 e. The molecule has 0 bridgehead atoms. The number of rotatable bonds is 2. The van der Waals surface area contributed by atoms with E-state index in [2.05, 4.69) is 10.1 Å². The highest BCUT2D eigenvalue weighted by molar-refractivity contribution is 7.89. The summed E-state index contributed by atoms with van der Waals surface area (Å²) >= 11 is 0. The molecule has 4 rings (SSSR count). The molecule has 0 saturated carbocycles. The van der Waals surface area contributed by atoms with Crippen LogP contribution in [0.3, 0.4) is 0 Å². The van der Waals surface area contributed by atoms with Gasteiger partial charge in [-0.2, -0.15) is 5.10 Å². The fraction of sp³-hybridized carbons (Fsp3) is 0.235. The van der Waals surface area contributed by atoms with Crippen LogP contribution in [0.1, 0.15) is 27.3 Å². The molecule has 0 saturated heterocycles. The van der Waals surface area contributed by atoms with Gasteiger partial charge in [-0.1, -0.05) is 0 Å². The maximum Gasteiger partial charge on any atom is 0.254 e. The van der Waals surface area contributed by atoms with Crippen molar-refractivity contribution in [3.05, 3.63) is 59.0 Å². The molecule has 2 N–H and O–H groups in total. The number of fused-ring (bicyclic) bond motifs is 3. The van der Waals surface area contributed by atoms with Crippen LogP contribution in [0.25, 0.3) is 5.65 Å². The van der Waals surface area contributed by atoms with Gasteiger partial charge >= 0.3 is 0 Å². The molecule has 1 aromatic carbocycles. The Hall–Kier alpha value is -2.78. The van der Waals surface area contributed by atoms with Crippen LogP contribution >= 0.6 is 0 Å². The van der Waals surface area contributed by atoms with Crippen molar-refractivity contribution in [1.29, 1.82) is 0 Å². The van der Waals surface area contributed by atoms with E-state index in [4.69, 9.17) is 5.14 Å². The van der Waals surface area contributed by atoms with Gasteiger partial charge in [0.25, 0.3) is 5.91 Å². The lowest BCUT2D eigenvalue weighted by Gasteiger charge is -2.28. The van der Waals surface area contributed by atoms with E-state index in [0.717, 1.165) is 22.6 Å². The Morgan fingerprint density at radius 3 is 2.65 bits per heavy atom. The minimum Gasteiger partial charge on any atom is -0.334 e. The Morgan fingerprint density at radius 2 is 1.96 bits per heavy atom. The first kappa shape index (κ1) is 16.7. The van der Waals surface area contributed by atoms with Gasteiger partial charge in [0.05, 0.1) is 16.3 Å². The molecular weight excluding hydrogens is 354 g/mol. The third-order valence-electron chi connectivity index (χ3n) is 4.49. The number of hydrogen-bond donors (Lipinski definition) is 1. The molecule has 2 aromatic heterocycles. The van der Waals surface area contributed by atoms with E-state index in [1.54, 1.807) is 11.1 Å². The number of hydrogen-bond acceptors (Lipinski definition) is 5. The Kier molecular flexibility index (Phi) is 3.78. The highest BCUT2D eigenvalue weighted by atomic mass is 32.2. The quantitative estimate of drug-likeness (QED) is 0.719. The number of carbonyl (C=O) groups is 1. The Morgan fingerprint density at radius 1 is 1.23 bits per heavy atom. The molecule has 0 spiro atoms. The third kappa shape index (κ3) is 2.85. The summed E-state index contributed by atoms with van der Waals surface area (Å²) in [4.78, 5) is 18.8. The molecule has 0 unspecified atom stereocenters. The molecule has 1 aliphatic heterocycles. The van der Waals surface area contributed by atoms with Gasteiger partial charge in [-0.15, -0.1) is 0 Å². The number of nitrogens with two attached hydrogens (primary N) is 1. The van der Waals surface area contributed by atoms with Crippen molar-refractivity contribution in [2.45, 2.75) is 24.8 Å². The van der Waals surface area contributed by atoms with E-state index in [0.29, 0.717) is 25.1 Å². The molecule has 0 fully saturated rings. The van der Waals surface area contributed by atoms with Crippen molar-refractivity contribution >= 4 is 21.6 Å². The van der Waals surface area contributed by atoms with E-state index >= 15 is 0 Å². The third-order valence-corrected chi connectivity index (χ3v) is 5.42. The second kappa shape index (κ2) is 5.89. The van der Waals surface area contributed by atoms with Gasteiger partial charge in [0.2, 0.25) is 10.0 Å². The Balaban J connectivity index is 1.60. The van der Waals surface area contributed by atoms with E-state index in [9.17, 15) is 13.2 Å². The summed E-state index contributed by atoms with van der Waals surface area (Å²) in [6.45, 7) is 2.92. The predicted molar refractivity (Wildman–Crippen MR) is 94.0 cm³/mol. The van der Waals surface area contributed by atoms with Gasteiger partial charge in [-0.25, -0.2) is 23.1 Å². The standard InChI is InChI=1S/C17H17N5O3S/c1-11-8-16-19-9-13-10-21(7-6-15(13)22(16)20-11)17(23)12-2-4-14(5-3-12)26(18,24)25/h2-5,8-9H,6-7,10H2,1H3,(H2,18,24,25). The molecular formula is C17H17N5O3S. The fourth-order valence-electron chi connectivity index (χ4n) is 3.20. The van der Waals surface area contributed by atoms with Gasteiger partial charge < -0.3 is 4.90 Å². The van der Waals surface area contributed by atoms with Crippen molar-refractivity contribution in [3.8, 4) is 0 Å². The van der Waals surface area contributed by atoms with Crippen LogP contribution in [0, 0.1) is 6.92 Å². The van der Waals surface area contributed by atoms with E-state index < -0.39 is 10.0 Å². The van der Waals surface area contributed by atoms with Gasteiger partial charge in [0.1, 0.15) is 0 Å². The lowest BCUT2D eigenvalue weighted by molar-refractivity contribution is 0.0732. The highest BCUT2D eigenvalue weighted by Crippen LogP contribution is 2.21. The zero-order chi connectivity index (χ0) is 18.5. The zero-order valence-electron chi connectivity index (χ0n) is 14.1. The van der Waals surface area contributed by atoms with Crippen molar-refractivity contribution in [2.24, 2.45) is 5.14 Å². The second-order valence-corrected chi connectivity index (χ2v) is 7.89. The minimum atomic E-state index is -3.77. The Labute approximate surface area is 150 Å². The summed E-state index contributed by atoms with van der Waals surface area (Å²) in [6, 6.07) is 7.58. The molecule has 3 aromatic rings. The molecule has 134 valence electrons. The SMILES string of the molecule is Cc1cc2ncc3c(n2n1)CCN(C(=O)c1ccc(S(N)(=O)=O)cc1)C3. The van der Waals surface area contributed by atoms with E-state index in [1.807, 2.05) is 17.5 Å². The van der Waals surface area contributed by atoms with Crippen LogP contribution in [0.5, 0.6) is 0 Å². The van der Waals surface area contributed by atoms with E-state index in [-0.39, 0.29) is 10.8 Å². The van der Waals surface area contributed by atoms with Crippen LogP contribution in [-0.4, -0.2) is 40.4 Å². The number of aryl methyl sites for hydroxylation is 1. The first-order valence-corrected chi connectivity index (χ1v) is 9.63. The van der Waals surface area contributed by atoms with E-state index in [1.165, 1.54) is 24.3 Å². The molecule has 8 nitrogen and oxygen atoms in total. The maximum atomic E-state index is 12.7. The van der Waals surface area contributed by atoms with Crippen molar-refractivity contribution in [1.82, 2.24) is 19.5 Å². The van der Waals surface area contributed by atoms with Gasteiger partial charge in [0.15, 0.2) is 5.65 Å². The first-order chi connectivity index (χ1) is 12.3. The number of aromatic nitrogens is 3. The lowest BCUT2D eigenvalue weighted by Crippen LogP contribution is -2.37. The minimum absolute atomic E-state index is 0.0151. The molecule has 3 heterocycles. The highest BCUT2D eigenvalue weighted by Gasteiger charge is 2.24. The van der Waals surface area contributed by atoms with Crippen LogP contribution in [0.4, 0.5) is 0 Å². The van der Waals surface area contributed by atoms with Crippen molar-refractivity contribution in [2.75, 3.05) is 6.54 Å². The number of benzene rings is 1. The number of nitrogens with zero attached hydrogens (tertiary/aromatic N) is 4. The summed E-state index contributed by atoms with van der Waals surface area (Å²) in [5.74, 6) is -0.159. The van der Waals surface area contributed by atoms with Crippen molar-refractivity contribution in [3.63, 3.8) is 0 Å². The first-order valence-electron chi connectivity index (χ1n) is 8.08. The average molecular weight is 371 g/mol. The van der Waals surface area contributed by atoms with Crippen molar-refractivity contribution < 1.29 is 13.2 Å². The molecule has 0 aliphatic carbocycles. The molecule has 26 heavy (non-hydrogen) atoms.